The van der Waals surface area contributed by atoms with Crippen molar-refractivity contribution in [3.8, 4) is 0 Å². The number of ether oxygens (including phenoxy) is 2. The standard InChI is InChI=1S/C14H21ClN4O4/c1-14(2,3)23-13(21)18-6-4-5-10(7-18)19-8-11(16-17-19)12(20)22-9-15/h8,10H,4-7,9H2,1-3H3. The normalized spacial score (nSPS) is 18.6. The van der Waals surface area contributed by atoms with E-state index in [-0.39, 0.29) is 23.9 Å². The number of rotatable bonds is 3. The third kappa shape index (κ3) is 4.82. The smallest absolute Gasteiger partial charge is 0.410 e. The number of hydrogen-bond donors (Lipinski definition) is 0. The highest BCUT2D eigenvalue weighted by Gasteiger charge is 2.29. The molecule has 1 atom stereocenters. The van der Waals surface area contributed by atoms with E-state index in [0.717, 1.165) is 12.8 Å². The van der Waals surface area contributed by atoms with Crippen molar-refractivity contribution in [2.45, 2.75) is 45.3 Å². The lowest BCUT2D eigenvalue weighted by molar-refractivity contribution is 0.0166. The van der Waals surface area contributed by atoms with E-state index in [1.165, 1.54) is 6.20 Å². The molecule has 0 aromatic carbocycles. The average molecular weight is 345 g/mol. The zero-order valence-corrected chi connectivity index (χ0v) is 14.2. The molecule has 0 saturated carbocycles. The Morgan fingerprint density at radius 2 is 2.17 bits per heavy atom. The molecule has 2 heterocycles. The van der Waals surface area contributed by atoms with Crippen LogP contribution in [0.2, 0.25) is 0 Å². The second-order valence-electron chi connectivity index (χ2n) is 6.35. The van der Waals surface area contributed by atoms with Crippen LogP contribution in [-0.2, 0) is 9.47 Å². The summed E-state index contributed by atoms with van der Waals surface area (Å²) in [5, 5.41) is 7.74. The Bertz CT molecular complexity index is 569. The highest BCUT2D eigenvalue weighted by molar-refractivity contribution is 6.17. The first kappa shape index (κ1) is 17.5. The van der Waals surface area contributed by atoms with Crippen molar-refractivity contribution in [2.24, 2.45) is 0 Å². The number of nitrogens with zero attached hydrogens (tertiary/aromatic N) is 4. The second kappa shape index (κ2) is 7.16. The van der Waals surface area contributed by atoms with Crippen molar-refractivity contribution in [2.75, 3.05) is 19.2 Å². The SMILES string of the molecule is CC(C)(C)OC(=O)N1CCCC(n2cc(C(=O)OCCl)nn2)C1. The minimum absolute atomic E-state index is 0.0543. The quantitative estimate of drug-likeness (QED) is 0.617. The van der Waals surface area contributed by atoms with Crippen molar-refractivity contribution < 1.29 is 19.1 Å². The Kier molecular flexibility index (Phi) is 5.46. The van der Waals surface area contributed by atoms with E-state index >= 15 is 0 Å². The zero-order valence-electron chi connectivity index (χ0n) is 13.5. The zero-order chi connectivity index (χ0) is 17.0. The van der Waals surface area contributed by atoms with Gasteiger partial charge in [-0.25, -0.2) is 14.3 Å². The predicted octanol–water partition coefficient (Wildman–Crippen LogP) is 2.20. The summed E-state index contributed by atoms with van der Waals surface area (Å²) >= 11 is 5.35. The molecule has 1 aliphatic rings. The average Bonchev–Trinajstić information content (AvgIpc) is 2.96. The highest BCUT2D eigenvalue weighted by atomic mass is 35.5. The molecule has 2 rings (SSSR count). The monoisotopic (exact) mass is 344 g/mol. The van der Waals surface area contributed by atoms with Crippen LogP contribution in [0.1, 0.15) is 50.1 Å². The molecule has 1 amide bonds. The van der Waals surface area contributed by atoms with E-state index < -0.39 is 11.6 Å². The Morgan fingerprint density at radius 3 is 2.83 bits per heavy atom. The molecule has 1 aliphatic heterocycles. The van der Waals surface area contributed by atoms with Crippen LogP contribution in [0, 0.1) is 0 Å². The van der Waals surface area contributed by atoms with Gasteiger partial charge in [0.05, 0.1) is 12.2 Å². The molecule has 1 fully saturated rings. The van der Waals surface area contributed by atoms with Crippen molar-refractivity contribution in [1.29, 1.82) is 0 Å². The maximum atomic E-state index is 12.2. The van der Waals surface area contributed by atoms with Gasteiger partial charge in [0.25, 0.3) is 0 Å². The largest absolute Gasteiger partial charge is 0.445 e. The number of carbonyl (C=O) groups excluding carboxylic acids is 2. The molecule has 9 heteroatoms. The summed E-state index contributed by atoms with van der Waals surface area (Å²) in [5.74, 6) is -0.619. The van der Waals surface area contributed by atoms with Crippen LogP contribution in [0.25, 0.3) is 0 Å². The Labute approximate surface area is 139 Å². The summed E-state index contributed by atoms with van der Waals surface area (Å²) in [6.45, 7) is 6.60. The number of carbonyl (C=O) groups is 2. The van der Waals surface area contributed by atoms with Crippen LogP contribution in [0.4, 0.5) is 4.79 Å². The van der Waals surface area contributed by atoms with Crippen LogP contribution < -0.4 is 0 Å². The number of esters is 1. The minimum Gasteiger partial charge on any atom is -0.445 e. The number of likely N-dealkylation sites (tertiary alicyclic amines) is 1. The Balaban J connectivity index is 2.01. The first-order chi connectivity index (χ1) is 10.8. The second-order valence-corrected chi connectivity index (χ2v) is 6.57. The van der Waals surface area contributed by atoms with Crippen LogP contribution in [0.15, 0.2) is 6.20 Å². The molecule has 0 radical (unpaired) electrons. The number of alkyl halides is 1. The third-order valence-corrected chi connectivity index (χ3v) is 3.44. The molecular formula is C14H21ClN4O4. The van der Waals surface area contributed by atoms with Gasteiger partial charge in [-0.1, -0.05) is 16.8 Å². The molecular weight excluding hydrogens is 324 g/mol. The van der Waals surface area contributed by atoms with E-state index in [1.54, 1.807) is 9.58 Å². The number of amides is 1. The fourth-order valence-corrected chi connectivity index (χ4v) is 2.43. The first-order valence-electron chi connectivity index (χ1n) is 7.43. The van der Waals surface area contributed by atoms with Gasteiger partial charge >= 0.3 is 12.1 Å². The molecule has 1 unspecified atom stereocenters. The predicted molar refractivity (Wildman–Crippen MR) is 82.2 cm³/mol. The molecule has 1 saturated heterocycles. The van der Waals surface area contributed by atoms with E-state index in [9.17, 15) is 9.59 Å². The molecule has 1 aromatic rings. The summed E-state index contributed by atoms with van der Waals surface area (Å²) in [5.41, 5.74) is -0.435. The molecule has 1 aromatic heterocycles. The molecule has 0 bridgehead atoms. The maximum Gasteiger partial charge on any atom is 0.410 e. The summed E-state index contributed by atoms with van der Waals surface area (Å²) in [7, 11) is 0. The molecule has 8 nitrogen and oxygen atoms in total. The maximum absolute atomic E-state index is 12.2. The van der Waals surface area contributed by atoms with Crippen molar-refractivity contribution in [3.63, 3.8) is 0 Å². The van der Waals surface area contributed by atoms with E-state index in [4.69, 9.17) is 16.3 Å². The molecule has 23 heavy (non-hydrogen) atoms. The fourth-order valence-electron chi connectivity index (χ4n) is 2.34. The molecule has 128 valence electrons. The first-order valence-corrected chi connectivity index (χ1v) is 7.96. The van der Waals surface area contributed by atoms with Crippen molar-refractivity contribution in [1.82, 2.24) is 19.9 Å². The number of piperidine rings is 1. The van der Waals surface area contributed by atoms with Crippen LogP contribution in [-0.4, -0.2) is 56.7 Å². The summed E-state index contributed by atoms with van der Waals surface area (Å²) in [4.78, 5) is 25.4. The van der Waals surface area contributed by atoms with Gasteiger partial charge in [-0.15, -0.1) is 5.10 Å². The Morgan fingerprint density at radius 1 is 1.43 bits per heavy atom. The van der Waals surface area contributed by atoms with Gasteiger partial charge < -0.3 is 14.4 Å². The summed E-state index contributed by atoms with van der Waals surface area (Å²) in [6, 6.07) is -0.289. The molecule has 0 N–H and O–H groups in total. The fraction of sp³-hybridized carbons (Fsp3) is 0.714. The van der Waals surface area contributed by atoms with Gasteiger partial charge in [-0.3, -0.25) is 0 Å². The number of halogens is 1. The lowest BCUT2D eigenvalue weighted by Gasteiger charge is -2.33. The van der Waals surface area contributed by atoms with Crippen LogP contribution in [0.5, 0.6) is 0 Å². The van der Waals surface area contributed by atoms with Crippen molar-refractivity contribution >= 4 is 23.7 Å². The van der Waals surface area contributed by atoms with E-state index in [0.29, 0.717) is 13.1 Å². The minimum atomic E-state index is -0.619. The van der Waals surface area contributed by atoms with Gasteiger partial charge in [0.1, 0.15) is 5.60 Å². The summed E-state index contributed by atoms with van der Waals surface area (Å²) in [6.07, 6.45) is 2.83. The highest BCUT2D eigenvalue weighted by Crippen LogP contribution is 2.22. The van der Waals surface area contributed by atoms with Crippen LogP contribution in [0.3, 0.4) is 0 Å². The molecule has 0 aliphatic carbocycles. The number of hydrogen-bond acceptors (Lipinski definition) is 6. The van der Waals surface area contributed by atoms with Crippen LogP contribution >= 0.6 is 11.6 Å². The lowest BCUT2D eigenvalue weighted by atomic mass is 10.1. The Hall–Kier alpha value is -1.83. The molecule has 0 spiro atoms. The van der Waals surface area contributed by atoms with Gasteiger partial charge in [-0.05, 0) is 33.6 Å². The topological polar surface area (TPSA) is 86.5 Å². The van der Waals surface area contributed by atoms with Gasteiger partial charge in [0.15, 0.2) is 11.8 Å². The van der Waals surface area contributed by atoms with Gasteiger partial charge in [0, 0.05) is 13.1 Å². The van der Waals surface area contributed by atoms with E-state index in [2.05, 4.69) is 15.0 Å². The third-order valence-electron chi connectivity index (χ3n) is 3.33. The summed E-state index contributed by atoms with van der Waals surface area (Å²) < 4.78 is 11.6. The van der Waals surface area contributed by atoms with Crippen molar-refractivity contribution in [3.05, 3.63) is 11.9 Å². The number of aromatic nitrogens is 3. The lowest BCUT2D eigenvalue weighted by Crippen LogP contribution is -2.43. The van der Waals surface area contributed by atoms with Gasteiger partial charge in [-0.2, -0.15) is 0 Å². The van der Waals surface area contributed by atoms with Gasteiger partial charge in [0.2, 0.25) is 0 Å². The van der Waals surface area contributed by atoms with E-state index in [1.807, 2.05) is 20.8 Å².